The summed E-state index contributed by atoms with van der Waals surface area (Å²) in [5, 5.41) is 0. The van der Waals surface area contributed by atoms with Gasteiger partial charge in [-0.25, -0.2) is 8.78 Å². The van der Waals surface area contributed by atoms with Crippen LogP contribution in [-0.4, -0.2) is 23.8 Å². The number of alkyl halides is 2. The quantitative estimate of drug-likeness (QED) is 0.513. The molecule has 0 saturated heterocycles. The summed E-state index contributed by atoms with van der Waals surface area (Å²) in [5.74, 6) is 1.89. The third-order valence-electron chi connectivity index (χ3n) is 8.34. The first kappa shape index (κ1) is 19.6. The highest BCUT2D eigenvalue weighted by atomic mass is 19.3. The summed E-state index contributed by atoms with van der Waals surface area (Å²) in [6.07, 6.45) is 9.49. The Morgan fingerprint density at radius 3 is 2.71 bits per heavy atom. The molecule has 0 unspecified atom stereocenters. The zero-order valence-electron chi connectivity index (χ0n) is 16.5. The zero-order valence-corrected chi connectivity index (χ0v) is 16.5. The molecular weight excluding hydrogens is 362 g/mol. The molecule has 3 nitrogen and oxygen atoms in total. The number of carbonyl (C=O) groups excluding carboxylic acids is 2. The van der Waals surface area contributed by atoms with Crippen molar-refractivity contribution in [3.8, 4) is 12.3 Å². The van der Waals surface area contributed by atoms with Gasteiger partial charge in [0.15, 0.2) is 11.4 Å². The van der Waals surface area contributed by atoms with Crippen LogP contribution in [0, 0.1) is 47.3 Å². The lowest BCUT2D eigenvalue weighted by molar-refractivity contribution is -0.178. The number of carbonyl (C=O) groups is 2. The highest BCUT2D eigenvalue weighted by molar-refractivity contribution is 5.91. The Kier molecular flexibility index (Phi) is 4.68. The molecule has 152 valence electrons. The number of allylic oxidation sites excluding steroid dienone is 1. The van der Waals surface area contributed by atoms with Gasteiger partial charge >= 0.3 is 5.97 Å². The Morgan fingerprint density at radius 1 is 1.32 bits per heavy atom. The SMILES string of the molecule is C#C[C@]1(OC(C)=O)CC[C@H]2[C@@H]3CCC4=CC(=O)CC[C@@H]4[C@H]3[C@@H](C(F)F)C[C@@]21C. The van der Waals surface area contributed by atoms with Crippen LogP contribution >= 0.6 is 0 Å². The molecule has 4 rings (SSSR count). The van der Waals surface area contributed by atoms with Gasteiger partial charge in [-0.1, -0.05) is 18.4 Å². The van der Waals surface area contributed by atoms with E-state index in [0.29, 0.717) is 19.3 Å². The van der Waals surface area contributed by atoms with Gasteiger partial charge in [0.2, 0.25) is 6.43 Å². The van der Waals surface area contributed by atoms with Crippen molar-refractivity contribution in [1.29, 1.82) is 0 Å². The molecule has 0 aliphatic heterocycles. The molecule has 0 radical (unpaired) electrons. The molecule has 4 aliphatic rings. The molecule has 0 aromatic carbocycles. The molecular formula is C23H28F2O3. The number of ether oxygens (including phenoxy) is 1. The van der Waals surface area contributed by atoms with Crippen LogP contribution in [0.15, 0.2) is 11.6 Å². The molecule has 0 heterocycles. The van der Waals surface area contributed by atoms with Crippen LogP contribution in [0.25, 0.3) is 0 Å². The van der Waals surface area contributed by atoms with Gasteiger partial charge in [0.25, 0.3) is 0 Å². The maximum atomic E-state index is 14.3. The van der Waals surface area contributed by atoms with E-state index in [2.05, 4.69) is 5.92 Å². The molecule has 3 fully saturated rings. The van der Waals surface area contributed by atoms with Crippen molar-refractivity contribution in [2.45, 2.75) is 70.8 Å². The second-order valence-electron chi connectivity index (χ2n) is 9.44. The van der Waals surface area contributed by atoms with Crippen molar-refractivity contribution < 1.29 is 23.1 Å². The summed E-state index contributed by atoms with van der Waals surface area (Å²) in [7, 11) is 0. The highest BCUT2D eigenvalue weighted by Gasteiger charge is 2.67. The number of ketones is 1. The second-order valence-corrected chi connectivity index (χ2v) is 9.44. The van der Waals surface area contributed by atoms with Gasteiger partial charge in [-0.15, -0.1) is 6.42 Å². The van der Waals surface area contributed by atoms with Crippen molar-refractivity contribution >= 4 is 11.8 Å². The van der Waals surface area contributed by atoms with Crippen molar-refractivity contribution in [3.05, 3.63) is 11.6 Å². The Balaban J connectivity index is 1.75. The molecule has 4 aliphatic carbocycles. The van der Waals surface area contributed by atoms with Gasteiger partial charge in [-0.2, -0.15) is 0 Å². The van der Waals surface area contributed by atoms with E-state index >= 15 is 0 Å². The molecule has 0 N–H and O–H groups in total. The first-order valence-electron chi connectivity index (χ1n) is 10.4. The third kappa shape index (κ3) is 2.67. The normalized spacial score (nSPS) is 44.8. The van der Waals surface area contributed by atoms with E-state index in [4.69, 9.17) is 11.2 Å². The van der Waals surface area contributed by atoms with E-state index in [1.165, 1.54) is 6.92 Å². The number of hydrogen-bond acceptors (Lipinski definition) is 3. The molecule has 5 heteroatoms. The zero-order chi connectivity index (χ0) is 20.3. The van der Waals surface area contributed by atoms with Crippen molar-refractivity contribution in [2.75, 3.05) is 0 Å². The van der Waals surface area contributed by atoms with Gasteiger partial charge in [0.05, 0.1) is 0 Å². The van der Waals surface area contributed by atoms with Crippen LogP contribution in [0.1, 0.15) is 58.8 Å². The maximum Gasteiger partial charge on any atom is 0.304 e. The fraction of sp³-hybridized carbons (Fsp3) is 0.739. The van der Waals surface area contributed by atoms with Crippen LogP contribution in [-0.2, 0) is 14.3 Å². The molecule has 28 heavy (non-hydrogen) atoms. The van der Waals surface area contributed by atoms with Crippen molar-refractivity contribution in [1.82, 2.24) is 0 Å². The van der Waals surface area contributed by atoms with Gasteiger partial charge in [-0.3, -0.25) is 9.59 Å². The predicted molar refractivity (Wildman–Crippen MR) is 100 cm³/mol. The summed E-state index contributed by atoms with van der Waals surface area (Å²) in [5.41, 5.74) is -0.658. The highest BCUT2D eigenvalue weighted by Crippen LogP contribution is 2.67. The first-order valence-corrected chi connectivity index (χ1v) is 10.4. The van der Waals surface area contributed by atoms with Crippen LogP contribution in [0.5, 0.6) is 0 Å². The maximum absolute atomic E-state index is 14.3. The lowest BCUT2D eigenvalue weighted by Crippen LogP contribution is -2.57. The molecule has 0 aromatic rings. The van der Waals surface area contributed by atoms with E-state index in [9.17, 15) is 18.4 Å². The van der Waals surface area contributed by atoms with E-state index < -0.39 is 29.3 Å². The topological polar surface area (TPSA) is 43.4 Å². The van der Waals surface area contributed by atoms with Gasteiger partial charge in [0, 0.05) is 24.7 Å². The standard InChI is InChI=1S/C23H28F2O3/c1-4-23(28-13(2)26)10-9-19-17-7-5-14-11-15(27)6-8-16(14)20(17)18(21(24)25)12-22(19,23)3/h1,11,16-21H,5-10,12H2,2-3H3/t16-,17-,18-,19-,20+,22-,23-/m0/s1. The second kappa shape index (κ2) is 6.68. The fourth-order valence-electron chi connectivity index (χ4n) is 7.30. The number of hydrogen-bond donors (Lipinski definition) is 0. The minimum atomic E-state index is -2.45. The molecule has 7 atom stereocenters. The van der Waals surface area contributed by atoms with E-state index in [-0.39, 0.29) is 35.9 Å². The Morgan fingerprint density at radius 2 is 2.07 bits per heavy atom. The monoisotopic (exact) mass is 390 g/mol. The minimum absolute atomic E-state index is 0.0783. The van der Waals surface area contributed by atoms with Crippen molar-refractivity contribution in [3.63, 3.8) is 0 Å². The van der Waals surface area contributed by atoms with Gasteiger partial charge < -0.3 is 4.74 Å². The van der Waals surface area contributed by atoms with Gasteiger partial charge in [0.1, 0.15) is 0 Å². The van der Waals surface area contributed by atoms with E-state index in [1.54, 1.807) is 6.08 Å². The van der Waals surface area contributed by atoms with E-state index in [0.717, 1.165) is 24.8 Å². The van der Waals surface area contributed by atoms with Gasteiger partial charge in [-0.05, 0) is 68.3 Å². The molecule has 0 aromatic heterocycles. The smallest absolute Gasteiger partial charge is 0.304 e. The van der Waals surface area contributed by atoms with Crippen LogP contribution in [0.3, 0.4) is 0 Å². The summed E-state index contributed by atoms with van der Waals surface area (Å²) in [6, 6.07) is 0. The summed E-state index contributed by atoms with van der Waals surface area (Å²) in [4.78, 5) is 23.7. The molecule has 0 amide bonds. The average Bonchev–Trinajstić information content (AvgIpc) is 2.92. The largest absolute Gasteiger partial charge is 0.445 e. The number of terminal acetylenes is 1. The summed E-state index contributed by atoms with van der Waals surface area (Å²) < 4.78 is 34.3. The van der Waals surface area contributed by atoms with E-state index in [1.807, 2.05) is 6.92 Å². The average molecular weight is 390 g/mol. The molecule has 0 bridgehead atoms. The lowest BCUT2D eigenvalue weighted by Gasteiger charge is -2.58. The minimum Gasteiger partial charge on any atom is -0.445 e. The first-order chi connectivity index (χ1) is 13.2. The Hall–Kier alpha value is -1.70. The number of esters is 1. The Bertz CT molecular complexity index is 766. The lowest BCUT2D eigenvalue weighted by atomic mass is 9.47. The molecule has 0 spiro atoms. The number of halogens is 2. The van der Waals surface area contributed by atoms with Crippen LogP contribution in [0.2, 0.25) is 0 Å². The van der Waals surface area contributed by atoms with Crippen molar-refractivity contribution in [2.24, 2.45) is 35.0 Å². The summed E-state index contributed by atoms with van der Waals surface area (Å²) >= 11 is 0. The third-order valence-corrected chi connectivity index (χ3v) is 8.34. The Labute approximate surface area is 165 Å². The molecule has 3 saturated carbocycles. The van der Waals surface area contributed by atoms with Crippen LogP contribution in [0.4, 0.5) is 8.78 Å². The number of rotatable bonds is 2. The predicted octanol–water partition coefficient (Wildman–Crippen LogP) is 4.55. The fourth-order valence-corrected chi connectivity index (χ4v) is 7.30. The van der Waals surface area contributed by atoms with Crippen LogP contribution < -0.4 is 0 Å². The number of fused-ring (bicyclic) bond motifs is 5. The summed E-state index contributed by atoms with van der Waals surface area (Å²) in [6.45, 7) is 3.30.